The molecule has 0 saturated heterocycles. The van der Waals surface area contributed by atoms with E-state index in [-0.39, 0.29) is 6.42 Å². The van der Waals surface area contributed by atoms with Crippen molar-refractivity contribution in [3.63, 3.8) is 0 Å². The molecule has 0 radical (unpaired) electrons. The van der Waals surface area contributed by atoms with Crippen molar-refractivity contribution >= 4 is 34.0 Å². The zero-order chi connectivity index (χ0) is 19.1. The van der Waals surface area contributed by atoms with E-state index >= 15 is 0 Å². The summed E-state index contributed by atoms with van der Waals surface area (Å²) in [5.41, 5.74) is 0.454. The molecule has 0 aliphatic carbocycles. The van der Waals surface area contributed by atoms with Crippen molar-refractivity contribution in [2.24, 2.45) is 0 Å². The molecule has 7 nitrogen and oxygen atoms in total. The van der Waals surface area contributed by atoms with E-state index in [4.69, 9.17) is 9.47 Å². The van der Waals surface area contributed by atoms with Crippen LogP contribution in [0.15, 0.2) is 60.1 Å². The summed E-state index contributed by atoms with van der Waals surface area (Å²) in [6.07, 6.45) is 1.24. The highest BCUT2D eigenvalue weighted by atomic mass is 32.1. The molecule has 0 aliphatic rings. The number of hydrogen-bond donors (Lipinski definition) is 2. The predicted molar refractivity (Wildman–Crippen MR) is 104 cm³/mol. The molecule has 3 rings (SSSR count). The Morgan fingerprint density at radius 2 is 1.63 bits per heavy atom. The Labute approximate surface area is 160 Å². The van der Waals surface area contributed by atoms with Gasteiger partial charge in [0.15, 0.2) is 22.4 Å². The van der Waals surface area contributed by atoms with E-state index in [2.05, 4.69) is 15.6 Å². The van der Waals surface area contributed by atoms with Crippen molar-refractivity contribution in [1.82, 2.24) is 4.98 Å². The molecule has 0 atom stereocenters. The van der Waals surface area contributed by atoms with Gasteiger partial charge in [-0.25, -0.2) is 4.98 Å². The van der Waals surface area contributed by atoms with Crippen LogP contribution in [0.25, 0.3) is 0 Å². The minimum Gasteiger partial charge on any atom is -0.493 e. The number of carbonyl (C=O) groups is 2. The first-order valence-corrected chi connectivity index (χ1v) is 8.93. The lowest BCUT2D eigenvalue weighted by molar-refractivity contribution is -0.123. The first-order valence-electron chi connectivity index (χ1n) is 8.05. The van der Waals surface area contributed by atoms with Gasteiger partial charge in [0.25, 0.3) is 0 Å². The lowest BCUT2D eigenvalue weighted by Gasteiger charge is -2.14. The number of carbonyl (C=O) groups excluding carboxylic acids is 2. The number of thiazole rings is 1. The molecule has 0 spiro atoms. The lowest BCUT2D eigenvalue weighted by Crippen LogP contribution is -2.21. The van der Waals surface area contributed by atoms with Gasteiger partial charge in [0.2, 0.25) is 11.8 Å². The topological polar surface area (TPSA) is 89.5 Å². The number of anilines is 2. The summed E-state index contributed by atoms with van der Waals surface area (Å²) in [6.45, 7) is 0. The second kappa shape index (κ2) is 8.81. The summed E-state index contributed by atoms with van der Waals surface area (Å²) >= 11 is 1.28. The molecule has 138 valence electrons. The molecule has 3 aromatic rings. The SMILES string of the molecule is COc1ccccc1Oc1ccccc1NC(=O)CC(=O)Nc1nccs1. The first kappa shape index (κ1) is 18.4. The third-order valence-corrected chi connectivity index (χ3v) is 4.14. The summed E-state index contributed by atoms with van der Waals surface area (Å²) < 4.78 is 11.1. The zero-order valence-electron chi connectivity index (χ0n) is 14.5. The minimum absolute atomic E-state index is 0.331. The van der Waals surface area contributed by atoms with Crippen LogP contribution in [0.5, 0.6) is 17.2 Å². The van der Waals surface area contributed by atoms with Gasteiger partial charge in [-0.2, -0.15) is 0 Å². The van der Waals surface area contributed by atoms with Crippen molar-refractivity contribution in [3.05, 3.63) is 60.1 Å². The smallest absolute Gasteiger partial charge is 0.235 e. The second-order valence-electron chi connectivity index (χ2n) is 5.36. The Balaban J connectivity index is 1.66. The van der Waals surface area contributed by atoms with Crippen LogP contribution in [0.1, 0.15) is 6.42 Å². The molecule has 0 bridgehead atoms. The number of rotatable bonds is 7. The molecule has 0 saturated carbocycles. The third-order valence-electron chi connectivity index (χ3n) is 3.45. The van der Waals surface area contributed by atoms with Crippen LogP contribution in [-0.2, 0) is 9.59 Å². The Bertz CT molecular complexity index is 928. The van der Waals surface area contributed by atoms with Crippen LogP contribution in [0.2, 0.25) is 0 Å². The van der Waals surface area contributed by atoms with E-state index in [0.717, 1.165) is 0 Å². The molecular weight excluding hydrogens is 366 g/mol. The second-order valence-corrected chi connectivity index (χ2v) is 6.25. The average Bonchev–Trinajstić information content (AvgIpc) is 3.16. The monoisotopic (exact) mass is 383 g/mol. The number of methoxy groups -OCH3 is 1. The molecule has 1 heterocycles. The third kappa shape index (κ3) is 5.05. The van der Waals surface area contributed by atoms with Crippen LogP contribution in [0.3, 0.4) is 0 Å². The molecule has 2 N–H and O–H groups in total. The molecular formula is C19H17N3O4S. The Morgan fingerprint density at radius 1 is 0.963 bits per heavy atom. The Kier molecular flexibility index (Phi) is 6.01. The number of hydrogen-bond acceptors (Lipinski definition) is 6. The van der Waals surface area contributed by atoms with Crippen molar-refractivity contribution in [2.45, 2.75) is 6.42 Å². The van der Waals surface area contributed by atoms with E-state index in [1.807, 2.05) is 12.1 Å². The molecule has 2 amide bonds. The Hall–Kier alpha value is -3.39. The van der Waals surface area contributed by atoms with Crippen molar-refractivity contribution in [3.8, 4) is 17.2 Å². The molecule has 1 aromatic heterocycles. The van der Waals surface area contributed by atoms with Gasteiger partial charge < -0.3 is 20.1 Å². The molecule has 27 heavy (non-hydrogen) atoms. The summed E-state index contributed by atoms with van der Waals surface area (Å²) in [4.78, 5) is 28.1. The standard InChI is InChI=1S/C19H17N3O4S/c1-25-15-8-4-5-9-16(15)26-14-7-3-2-6-13(14)21-17(23)12-18(24)22-19-20-10-11-27-19/h2-11H,12H2,1H3,(H,21,23)(H,20,22,24). The summed E-state index contributed by atoms with van der Waals surface area (Å²) in [5, 5.41) is 7.45. The number of nitrogens with one attached hydrogen (secondary N) is 2. The number of para-hydroxylation sites is 4. The number of ether oxygens (including phenoxy) is 2. The van der Waals surface area contributed by atoms with E-state index in [9.17, 15) is 9.59 Å². The number of aromatic nitrogens is 1. The van der Waals surface area contributed by atoms with Crippen LogP contribution >= 0.6 is 11.3 Å². The minimum atomic E-state index is -0.458. The summed E-state index contributed by atoms with van der Waals surface area (Å²) in [7, 11) is 1.55. The predicted octanol–water partition coefficient (Wildman–Crippen LogP) is 3.91. The molecule has 8 heteroatoms. The largest absolute Gasteiger partial charge is 0.493 e. The van der Waals surface area contributed by atoms with Gasteiger partial charge in [0.05, 0.1) is 12.8 Å². The number of benzene rings is 2. The molecule has 2 aromatic carbocycles. The van der Waals surface area contributed by atoms with E-state index in [1.165, 1.54) is 11.3 Å². The van der Waals surface area contributed by atoms with E-state index < -0.39 is 11.8 Å². The lowest BCUT2D eigenvalue weighted by atomic mass is 10.2. The van der Waals surface area contributed by atoms with Crippen LogP contribution in [0, 0.1) is 0 Å². The van der Waals surface area contributed by atoms with E-state index in [1.54, 1.807) is 55.1 Å². The highest BCUT2D eigenvalue weighted by Gasteiger charge is 2.14. The molecule has 0 unspecified atom stereocenters. The summed E-state index contributed by atoms with van der Waals surface area (Å²) in [6, 6.07) is 14.2. The highest BCUT2D eigenvalue weighted by Crippen LogP contribution is 2.34. The fraction of sp³-hybridized carbons (Fsp3) is 0.105. The van der Waals surface area contributed by atoms with Gasteiger partial charge in [-0.05, 0) is 24.3 Å². The van der Waals surface area contributed by atoms with Gasteiger partial charge >= 0.3 is 0 Å². The highest BCUT2D eigenvalue weighted by molar-refractivity contribution is 7.13. The van der Waals surface area contributed by atoms with E-state index in [0.29, 0.717) is 28.1 Å². The fourth-order valence-electron chi connectivity index (χ4n) is 2.27. The van der Waals surface area contributed by atoms with Gasteiger partial charge in [-0.1, -0.05) is 24.3 Å². The maximum absolute atomic E-state index is 12.2. The number of nitrogens with zero attached hydrogens (tertiary/aromatic N) is 1. The first-order chi connectivity index (χ1) is 13.2. The maximum Gasteiger partial charge on any atom is 0.235 e. The quantitative estimate of drug-likeness (QED) is 0.604. The normalized spacial score (nSPS) is 10.1. The van der Waals surface area contributed by atoms with Crippen molar-refractivity contribution in [1.29, 1.82) is 0 Å². The van der Waals surface area contributed by atoms with Crippen molar-refractivity contribution < 1.29 is 19.1 Å². The molecule has 0 aliphatic heterocycles. The fourth-order valence-corrected chi connectivity index (χ4v) is 2.81. The van der Waals surface area contributed by atoms with Gasteiger partial charge in [-0.15, -0.1) is 11.3 Å². The Morgan fingerprint density at radius 3 is 2.33 bits per heavy atom. The number of amides is 2. The van der Waals surface area contributed by atoms with Crippen LogP contribution in [0.4, 0.5) is 10.8 Å². The van der Waals surface area contributed by atoms with Crippen molar-refractivity contribution in [2.75, 3.05) is 17.7 Å². The molecule has 0 fully saturated rings. The van der Waals surface area contributed by atoms with Crippen LogP contribution < -0.4 is 20.1 Å². The maximum atomic E-state index is 12.2. The zero-order valence-corrected chi connectivity index (χ0v) is 15.3. The summed E-state index contributed by atoms with van der Waals surface area (Å²) in [5.74, 6) is 0.631. The average molecular weight is 383 g/mol. The van der Waals surface area contributed by atoms with Gasteiger partial charge in [0, 0.05) is 11.6 Å². The van der Waals surface area contributed by atoms with Crippen LogP contribution in [-0.4, -0.2) is 23.9 Å². The van der Waals surface area contributed by atoms with Gasteiger partial charge in [0.1, 0.15) is 6.42 Å². The van der Waals surface area contributed by atoms with Gasteiger partial charge in [-0.3, -0.25) is 9.59 Å².